The van der Waals surface area contributed by atoms with Crippen LogP contribution in [0.2, 0.25) is 0 Å². The standard InChI is InChI=1S/C23H26N4O4S/c1-14-11-30-12-18-13-31-19-20(23(2,3)32(4,28)29)25-21(26-22(19)27(14)18)16-6-5-15-7-8-24-10-17(15)9-16/h5-10,14,18H,11-13H2,1-4H3/t14-,18+/m1/s1. The predicted octanol–water partition coefficient (Wildman–Crippen LogP) is 2.96. The lowest BCUT2D eigenvalue weighted by atomic mass is 10.0. The van der Waals surface area contributed by atoms with E-state index in [1.54, 1.807) is 26.2 Å². The summed E-state index contributed by atoms with van der Waals surface area (Å²) in [5, 5.41) is 2.02. The number of hydrogen-bond acceptors (Lipinski definition) is 8. The van der Waals surface area contributed by atoms with Gasteiger partial charge in [-0.2, -0.15) is 0 Å². The molecule has 0 amide bonds. The van der Waals surface area contributed by atoms with Gasteiger partial charge >= 0.3 is 0 Å². The molecule has 0 spiro atoms. The monoisotopic (exact) mass is 454 g/mol. The van der Waals surface area contributed by atoms with Crippen molar-refractivity contribution < 1.29 is 17.9 Å². The second-order valence-electron chi connectivity index (χ2n) is 9.03. The minimum absolute atomic E-state index is 0.0176. The number of morpholine rings is 1. The summed E-state index contributed by atoms with van der Waals surface area (Å²) in [5.41, 5.74) is 1.17. The highest BCUT2D eigenvalue weighted by Gasteiger charge is 2.43. The molecule has 1 saturated heterocycles. The molecule has 168 valence electrons. The zero-order valence-corrected chi connectivity index (χ0v) is 19.4. The van der Waals surface area contributed by atoms with Gasteiger partial charge in [-0.25, -0.2) is 18.4 Å². The zero-order valence-electron chi connectivity index (χ0n) is 18.6. The van der Waals surface area contributed by atoms with Crippen molar-refractivity contribution in [1.82, 2.24) is 15.0 Å². The summed E-state index contributed by atoms with van der Waals surface area (Å²) in [4.78, 5) is 16.1. The van der Waals surface area contributed by atoms with Crippen molar-refractivity contribution in [2.75, 3.05) is 31.0 Å². The molecule has 3 aromatic rings. The molecule has 0 N–H and O–H groups in total. The lowest BCUT2D eigenvalue weighted by Gasteiger charge is -2.45. The van der Waals surface area contributed by atoms with Gasteiger partial charge in [0.15, 0.2) is 27.2 Å². The third kappa shape index (κ3) is 3.31. The molecular weight excluding hydrogens is 428 g/mol. The number of pyridine rings is 1. The van der Waals surface area contributed by atoms with Crippen molar-refractivity contribution in [3.8, 4) is 17.1 Å². The normalized spacial score (nSPS) is 21.1. The molecule has 0 aliphatic carbocycles. The molecule has 2 aliphatic heterocycles. The van der Waals surface area contributed by atoms with E-state index in [9.17, 15) is 8.42 Å². The second kappa shape index (κ2) is 7.38. The van der Waals surface area contributed by atoms with Gasteiger partial charge in [0.1, 0.15) is 17.0 Å². The number of benzene rings is 1. The molecule has 0 saturated carbocycles. The summed E-state index contributed by atoms with van der Waals surface area (Å²) in [6.07, 6.45) is 4.77. The first kappa shape index (κ1) is 21.1. The highest BCUT2D eigenvalue weighted by atomic mass is 32.2. The fourth-order valence-electron chi connectivity index (χ4n) is 4.27. The maximum absolute atomic E-state index is 12.8. The first-order valence-corrected chi connectivity index (χ1v) is 12.5. The van der Waals surface area contributed by atoms with Crippen LogP contribution in [0.25, 0.3) is 22.2 Å². The van der Waals surface area contributed by atoms with Gasteiger partial charge in [0, 0.05) is 29.6 Å². The summed E-state index contributed by atoms with van der Waals surface area (Å²) in [6.45, 7) is 6.91. The molecule has 5 rings (SSSR count). The van der Waals surface area contributed by atoms with E-state index in [4.69, 9.17) is 19.4 Å². The van der Waals surface area contributed by atoms with Crippen LogP contribution < -0.4 is 9.64 Å². The summed E-state index contributed by atoms with van der Waals surface area (Å²) in [7, 11) is -3.49. The Kier molecular flexibility index (Phi) is 4.86. The zero-order chi connectivity index (χ0) is 22.7. The lowest BCUT2D eigenvalue weighted by molar-refractivity contribution is 0.0482. The van der Waals surface area contributed by atoms with Crippen LogP contribution >= 0.6 is 0 Å². The minimum Gasteiger partial charge on any atom is -0.486 e. The topological polar surface area (TPSA) is 94.5 Å². The summed E-state index contributed by atoms with van der Waals surface area (Å²) in [6, 6.07) is 7.96. The smallest absolute Gasteiger partial charge is 0.185 e. The van der Waals surface area contributed by atoms with E-state index in [1.807, 2.05) is 24.3 Å². The van der Waals surface area contributed by atoms with Crippen LogP contribution in [-0.4, -0.2) is 61.5 Å². The number of hydrogen-bond donors (Lipinski definition) is 0. The molecule has 1 aromatic carbocycles. The van der Waals surface area contributed by atoms with Gasteiger partial charge in [-0.1, -0.05) is 12.1 Å². The molecule has 0 bridgehead atoms. The molecule has 2 atom stereocenters. The minimum atomic E-state index is -3.49. The van der Waals surface area contributed by atoms with E-state index in [2.05, 4.69) is 16.8 Å². The first-order chi connectivity index (χ1) is 15.2. The number of rotatable bonds is 3. The Morgan fingerprint density at radius 2 is 1.91 bits per heavy atom. The van der Waals surface area contributed by atoms with Gasteiger partial charge in [-0.15, -0.1) is 0 Å². The average Bonchev–Trinajstić information content (AvgIpc) is 2.77. The Morgan fingerprint density at radius 1 is 1.09 bits per heavy atom. The van der Waals surface area contributed by atoms with E-state index in [0.29, 0.717) is 42.9 Å². The van der Waals surface area contributed by atoms with Crippen molar-refractivity contribution in [3.63, 3.8) is 0 Å². The summed E-state index contributed by atoms with van der Waals surface area (Å²) < 4.78 is 36.1. The van der Waals surface area contributed by atoms with Gasteiger partial charge in [-0.05, 0) is 38.3 Å². The number of aromatic nitrogens is 3. The van der Waals surface area contributed by atoms with Gasteiger partial charge < -0.3 is 14.4 Å². The van der Waals surface area contributed by atoms with Crippen LogP contribution in [0.3, 0.4) is 0 Å². The van der Waals surface area contributed by atoms with E-state index < -0.39 is 14.6 Å². The fraction of sp³-hybridized carbons (Fsp3) is 0.435. The predicted molar refractivity (Wildman–Crippen MR) is 123 cm³/mol. The highest BCUT2D eigenvalue weighted by Crippen LogP contribution is 2.44. The lowest BCUT2D eigenvalue weighted by Crippen LogP contribution is -2.56. The summed E-state index contributed by atoms with van der Waals surface area (Å²) >= 11 is 0. The first-order valence-electron chi connectivity index (χ1n) is 10.6. The Bertz CT molecular complexity index is 1310. The van der Waals surface area contributed by atoms with E-state index in [1.165, 1.54) is 6.26 Å². The van der Waals surface area contributed by atoms with Crippen LogP contribution in [0.1, 0.15) is 26.5 Å². The Labute approximate surface area is 187 Å². The number of nitrogens with zero attached hydrogens (tertiary/aromatic N) is 4. The van der Waals surface area contributed by atoms with Crippen molar-refractivity contribution in [2.45, 2.75) is 37.6 Å². The molecule has 4 heterocycles. The number of fused-ring (bicyclic) bond motifs is 4. The van der Waals surface area contributed by atoms with Gasteiger partial charge in [0.2, 0.25) is 0 Å². The van der Waals surface area contributed by atoms with Gasteiger partial charge in [0.05, 0.1) is 25.3 Å². The van der Waals surface area contributed by atoms with Crippen LogP contribution in [0.5, 0.6) is 5.75 Å². The number of anilines is 1. The van der Waals surface area contributed by atoms with Crippen LogP contribution in [0.15, 0.2) is 36.7 Å². The molecule has 2 aromatic heterocycles. The molecule has 9 heteroatoms. The largest absolute Gasteiger partial charge is 0.486 e. The molecule has 0 radical (unpaired) electrons. The number of ether oxygens (including phenoxy) is 2. The third-order valence-electron chi connectivity index (χ3n) is 6.45. The molecular formula is C23H26N4O4S. The van der Waals surface area contributed by atoms with Gasteiger partial charge in [-0.3, -0.25) is 4.98 Å². The Balaban J connectivity index is 1.76. The van der Waals surface area contributed by atoms with E-state index >= 15 is 0 Å². The van der Waals surface area contributed by atoms with Crippen LogP contribution in [0.4, 0.5) is 5.82 Å². The van der Waals surface area contributed by atoms with E-state index in [0.717, 1.165) is 16.3 Å². The fourth-order valence-corrected chi connectivity index (χ4v) is 4.76. The maximum Gasteiger partial charge on any atom is 0.185 e. The second-order valence-corrected chi connectivity index (χ2v) is 11.6. The average molecular weight is 455 g/mol. The maximum atomic E-state index is 12.8. The molecule has 8 nitrogen and oxygen atoms in total. The molecule has 32 heavy (non-hydrogen) atoms. The molecule has 1 fully saturated rings. The quantitative estimate of drug-likeness (QED) is 0.596. The third-order valence-corrected chi connectivity index (χ3v) is 8.49. The molecule has 2 aliphatic rings. The SMILES string of the molecule is C[C@@H]1COC[C@H]2COc3c(nc(-c4ccc5ccncc5c4)nc3C(C)(C)S(C)(=O)=O)N21. The van der Waals surface area contributed by atoms with Crippen LogP contribution in [0, 0.1) is 0 Å². The highest BCUT2D eigenvalue weighted by molar-refractivity contribution is 7.91. The Morgan fingerprint density at radius 3 is 2.69 bits per heavy atom. The van der Waals surface area contributed by atoms with Crippen molar-refractivity contribution in [1.29, 1.82) is 0 Å². The van der Waals surface area contributed by atoms with Crippen LogP contribution in [-0.2, 0) is 19.3 Å². The van der Waals surface area contributed by atoms with Crippen molar-refractivity contribution >= 4 is 26.4 Å². The van der Waals surface area contributed by atoms with Gasteiger partial charge in [0.25, 0.3) is 0 Å². The molecule has 0 unspecified atom stereocenters. The Hall–Kier alpha value is -2.78. The van der Waals surface area contributed by atoms with E-state index in [-0.39, 0.29) is 12.1 Å². The summed E-state index contributed by atoms with van der Waals surface area (Å²) in [5.74, 6) is 1.53. The van der Waals surface area contributed by atoms with Crippen molar-refractivity contribution in [2.24, 2.45) is 0 Å². The van der Waals surface area contributed by atoms with Crippen molar-refractivity contribution in [3.05, 3.63) is 42.4 Å². The number of sulfone groups is 1.